The van der Waals surface area contributed by atoms with Gasteiger partial charge in [-0.3, -0.25) is 4.99 Å². The van der Waals surface area contributed by atoms with Gasteiger partial charge in [0, 0.05) is 19.6 Å². The van der Waals surface area contributed by atoms with Gasteiger partial charge in [-0.1, -0.05) is 19.8 Å². The minimum atomic E-state index is -2.84. The fourth-order valence-electron chi connectivity index (χ4n) is 3.00. The minimum absolute atomic E-state index is 0. The Hall–Kier alpha value is -0.0500. The molecule has 1 aliphatic carbocycles. The molecule has 1 saturated carbocycles. The molecule has 7 heteroatoms. The van der Waals surface area contributed by atoms with Crippen molar-refractivity contribution in [3.8, 4) is 0 Å². The molecule has 0 bridgehead atoms. The second-order valence-corrected chi connectivity index (χ2v) is 8.42. The molecule has 2 N–H and O–H groups in total. The number of nitrogens with zero attached hydrogens (tertiary/aromatic N) is 1. The molecular formula is C13H26IN3O2S. The molecular weight excluding hydrogens is 389 g/mol. The van der Waals surface area contributed by atoms with Crippen molar-refractivity contribution in [1.29, 1.82) is 0 Å². The Morgan fingerprint density at radius 3 is 2.50 bits per heavy atom. The molecule has 1 aliphatic heterocycles. The van der Waals surface area contributed by atoms with Crippen LogP contribution in [0.3, 0.4) is 0 Å². The topological polar surface area (TPSA) is 70.6 Å². The van der Waals surface area contributed by atoms with Crippen LogP contribution < -0.4 is 10.6 Å². The molecule has 2 fully saturated rings. The molecule has 1 atom stereocenters. The van der Waals surface area contributed by atoms with E-state index in [0.29, 0.717) is 17.6 Å². The van der Waals surface area contributed by atoms with Crippen molar-refractivity contribution in [1.82, 2.24) is 10.6 Å². The lowest BCUT2D eigenvalue weighted by Gasteiger charge is -2.26. The molecule has 5 nitrogen and oxygen atoms in total. The second kappa shape index (κ2) is 7.29. The molecule has 0 amide bonds. The molecule has 1 saturated heterocycles. The van der Waals surface area contributed by atoms with Gasteiger partial charge in [-0.2, -0.15) is 0 Å². The average Bonchev–Trinajstić information content (AvgIpc) is 2.91. The van der Waals surface area contributed by atoms with E-state index in [4.69, 9.17) is 0 Å². The first kappa shape index (κ1) is 18.0. The molecule has 2 rings (SSSR count). The first-order chi connectivity index (χ1) is 8.92. The molecule has 1 unspecified atom stereocenters. The summed E-state index contributed by atoms with van der Waals surface area (Å²) in [6.07, 6.45) is 5.82. The Morgan fingerprint density at radius 1 is 1.35 bits per heavy atom. The number of halogens is 1. The van der Waals surface area contributed by atoms with Crippen molar-refractivity contribution in [2.24, 2.45) is 10.4 Å². The Balaban J connectivity index is 0.00000200. The smallest absolute Gasteiger partial charge is 0.191 e. The van der Waals surface area contributed by atoms with E-state index in [0.717, 1.165) is 12.5 Å². The van der Waals surface area contributed by atoms with E-state index < -0.39 is 9.84 Å². The van der Waals surface area contributed by atoms with Gasteiger partial charge in [0.2, 0.25) is 0 Å². The highest BCUT2D eigenvalue weighted by molar-refractivity contribution is 14.0. The van der Waals surface area contributed by atoms with Crippen LogP contribution in [0.25, 0.3) is 0 Å². The van der Waals surface area contributed by atoms with E-state index in [2.05, 4.69) is 22.5 Å². The normalized spacial score (nSPS) is 27.9. The Labute approximate surface area is 139 Å². The van der Waals surface area contributed by atoms with Crippen LogP contribution in [0.5, 0.6) is 0 Å². The SMILES string of the molecule is CN=C(NCC1(C)CCCC1)NC1CCS(=O)(=O)C1.I. The van der Waals surface area contributed by atoms with Gasteiger partial charge in [0.05, 0.1) is 11.5 Å². The van der Waals surface area contributed by atoms with Crippen LogP contribution in [0.2, 0.25) is 0 Å². The fourth-order valence-corrected chi connectivity index (χ4v) is 4.67. The van der Waals surface area contributed by atoms with Gasteiger partial charge >= 0.3 is 0 Å². The zero-order chi connectivity index (χ0) is 13.9. The standard InChI is InChI=1S/C13H25N3O2S.HI/c1-13(6-3-4-7-13)10-15-12(14-2)16-11-5-8-19(17,18)9-11;/h11H,3-10H2,1-2H3,(H2,14,15,16);1H. The number of rotatable bonds is 3. The molecule has 0 aromatic heterocycles. The summed E-state index contributed by atoms with van der Waals surface area (Å²) >= 11 is 0. The zero-order valence-corrected chi connectivity index (χ0v) is 15.5. The molecule has 118 valence electrons. The van der Waals surface area contributed by atoms with Crippen LogP contribution in [0.4, 0.5) is 0 Å². The van der Waals surface area contributed by atoms with Crippen molar-refractivity contribution >= 4 is 39.8 Å². The van der Waals surface area contributed by atoms with Gasteiger partial charge in [-0.15, -0.1) is 24.0 Å². The van der Waals surface area contributed by atoms with E-state index in [1.165, 1.54) is 25.7 Å². The maximum atomic E-state index is 11.4. The third-order valence-electron chi connectivity index (χ3n) is 4.29. The molecule has 20 heavy (non-hydrogen) atoms. The number of sulfone groups is 1. The predicted octanol–water partition coefficient (Wildman–Crippen LogP) is 1.54. The fraction of sp³-hybridized carbons (Fsp3) is 0.923. The number of aliphatic imine (C=N–C) groups is 1. The summed E-state index contributed by atoms with van der Waals surface area (Å²) in [5.41, 5.74) is 0.360. The van der Waals surface area contributed by atoms with Gasteiger partial charge in [0.25, 0.3) is 0 Å². The summed E-state index contributed by atoms with van der Waals surface area (Å²) < 4.78 is 22.9. The van der Waals surface area contributed by atoms with Gasteiger partial charge < -0.3 is 10.6 Å². The van der Waals surface area contributed by atoms with Gasteiger partial charge in [-0.05, 0) is 24.7 Å². The van der Waals surface area contributed by atoms with Crippen molar-refractivity contribution in [2.75, 3.05) is 25.1 Å². The average molecular weight is 415 g/mol. The van der Waals surface area contributed by atoms with E-state index in [-0.39, 0.29) is 35.8 Å². The lowest BCUT2D eigenvalue weighted by atomic mass is 9.89. The first-order valence-corrected chi connectivity index (χ1v) is 8.92. The minimum Gasteiger partial charge on any atom is -0.356 e. The van der Waals surface area contributed by atoms with Crippen molar-refractivity contribution < 1.29 is 8.42 Å². The summed E-state index contributed by atoms with van der Waals surface area (Å²) in [5.74, 6) is 1.25. The summed E-state index contributed by atoms with van der Waals surface area (Å²) in [4.78, 5) is 4.19. The van der Waals surface area contributed by atoms with Gasteiger partial charge in [-0.25, -0.2) is 8.42 Å². The summed E-state index contributed by atoms with van der Waals surface area (Å²) in [5, 5.41) is 6.57. The van der Waals surface area contributed by atoms with E-state index in [1.807, 2.05) is 0 Å². The highest BCUT2D eigenvalue weighted by Gasteiger charge is 2.30. The lowest BCUT2D eigenvalue weighted by molar-refractivity contribution is 0.333. The number of guanidine groups is 1. The van der Waals surface area contributed by atoms with Crippen LogP contribution in [0.1, 0.15) is 39.0 Å². The highest BCUT2D eigenvalue weighted by atomic mass is 127. The van der Waals surface area contributed by atoms with Crippen LogP contribution >= 0.6 is 24.0 Å². The van der Waals surface area contributed by atoms with E-state index in [1.54, 1.807) is 7.05 Å². The van der Waals surface area contributed by atoms with Gasteiger partial charge in [0.15, 0.2) is 15.8 Å². The maximum Gasteiger partial charge on any atom is 0.191 e. The number of nitrogens with one attached hydrogen (secondary N) is 2. The maximum absolute atomic E-state index is 11.4. The van der Waals surface area contributed by atoms with Crippen molar-refractivity contribution in [3.63, 3.8) is 0 Å². The van der Waals surface area contributed by atoms with Crippen LogP contribution in [-0.2, 0) is 9.84 Å². The van der Waals surface area contributed by atoms with Crippen LogP contribution in [0.15, 0.2) is 4.99 Å². The number of hydrogen-bond acceptors (Lipinski definition) is 3. The Morgan fingerprint density at radius 2 is 2.00 bits per heavy atom. The molecule has 0 spiro atoms. The molecule has 0 radical (unpaired) electrons. The summed E-state index contributed by atoms with van der Waals surface area (Å²) in [7, 11) is -1.11. The summed E-state index contributed by atoms with van der Waals surface area (Å²) in [6.45, 7) is 3.21. The van der Waals surface area contributed by atoms with Crippen LogP contribution in [-0.4, -0.2) is 45.5 Å². The largest absolute Gasteiger partial charge is 0.356 e. The molecule has 0 aromatic carbocycles. The predicted molar refractivity (Wildman–Crippen MR) is 93.5 cm³/mol. The van der Waals surface area contributed by atoms with Crippen molar-refractivity contribution in [2.45, 2.75) is 45.1 Å². The third-order valence-corrected chi connectivity index (χ3v) is 6.06. The quantitative estimate of drug-likeness (QED) is 0.417. The van der Waals surface area contributed by atoms with E-state index >= 15 is 0 Å². The molecule has 0 aromatic rings. The highest BCUT2D eigenvalue weighted by Crippen LogP contribution is 2.36. The van der Waals surface area contributed by atoms with Gasteiger partial charge in [0.1, 0.15) is 0 Å². The monoisotopic (exact) mass is 415 g/mol. The lowest BCUT2D eigenvalue weighted by Crippen LogP contribution is -2.46. The zero-order valence-electron chi connectivity index (χ0n) is 12.3. The Bertz CT molecular complexity index is 445. The van der Waals surface area contributed by atoms with Crippen molar-refractivity contribution in [3.05, 3.63) is 0 Å². The first-order valence-electron chi connectivity index (χ1n) is 7.10. The summed E-state index contributed by atoms with van der Waals surface area (Å²) in [6, 6.07) is 0.00702. The molecule has 1 heterocycles. The van der Waals surface area contributed by atoms with Crippen LogP contribution in [0, 0.1) is 5.41 Å². The molecule has 2 aliphatic rings. The third kappa shape index (κ3) is 5.05. The number of hydrogen-bond donors (Lipinski definition) is 2. The second-order valence-electron chi connectivity index (χ2n) is 6.19. The Kier molecular flexibility index (Phi) is 6.56. The van der Waals surface area contributed by atoms with E-state index in [9.17, 15) is 8.42 Å².